The molecule has 216 valence electrons. The van der Waals surface area contributed by atoms with Crippen LogP contribution < -0.4 is 30.3 Å². The molecule has 4 aromatic rings. The number of hydrogen-bond acceptors (Lipinski definition) is 6. The van der Waals surface area contributed by atoms with Gasteiger partial charge in [0.15, 0.2) is 0 Å². The fourth-order valence-electron chi connectivity index (χ4n) is 4.51. The average molecular weight is 566 g/mol. The Hall–Kier alpha value is -4.44. The minimum absolute atomic E-state index is 0.00155. The molecule has 3 aromatic carbocycles. The van der Waals surface area contributed by atoms with E-state index in [1.165, 1.54) is 6.20 Å². The molecule has 0 atom stereocenters. The highest BCUT2D eigenvalue weighted by molar-refractivity contribution is 6.07. The van der Waals surface area contributed by atoms with Gasteiger partial charge in [-0.2, -0.15) is 0 Å². The molecule has 0 saturated carbocycles. The maximum absolute atomic E-state index is 14.0. The van der Waals surface area contributed by atoms with E-state index in [9.17, 15) is 18.4 Å². The van der Waals surface area contributed by atoms with Crippen LogP contribution >= 0.6 is 0 Å². The number of ether oxygens (including phenoxy) is 3. The van der Waals surface area contributed by atoms with Crippen LogP contribution in [-0.2, 0) is 0 Å². The van der Waals surface area contributed by atoms with Crippen LogP contribution in [0.15, 0.2) is 65.6 Å². The molecule has 0 aliphatic carbocycles. The summed E-state index contributed by atoms with van der Waals surface area (Å²) in [7, 11) is 0. The van der Waals surface area contributed by atoms with Crippen molar-refractivity contribution in [1.82, 2.24) is 4.57 Å². The lowest BCUT2D eigenvalue weighted by Crippen LogP contribution is -2.35. The fraction of sp³-hybridized carbons (Fsp3) is 0.290. The van der Waals surface area contributed by atoms with E-state index < -0.39 is 23.0 Å². The van der Waals surface area contributed by atoms with Gasteiger partial charge in [-0.05, 0) is 58.0 Å². The molecule has 0 radical (unpaired) electrons. The summed E-state index contributed by atoms with van der Waals surface area (Å²) in [5.41, 5.74) is 5.93. The normalized spacial score (nSPS) is 11.0. The van der Waals surface area contributed by atoms with Crippen LogP contribution in [0, 0.1) is 11.6 Å². The van der Waals surface area contributed by atoms with Gasteiger partial charge in [-0.1, -0.05) is 0 Å². The Kier molecular flexibility index (Phi) is 9.57. The Balaban J connectivity index is 1.95. The molecule has 2 N–H and O–H groups in total. The number of hydrogen-bond donors (Lipinski definition) is 1. The molecule has 10 heteroatoms. The fourth-order valence-corrected chi connectivity index (χ4v) is 4.51. The lowest BCUT2D eigenvalue weighted by atomic mass is 10.1. The van der Waals surface area contributed by atoms with Crippen LogP contribution in [0.5, 0.6) is 17.2 Å². The second kappa shape index (κ2) is 13.3. The number of benzene rings is 3. The van der Waals surface area contributed by atoms with Gasteiger partial charge in [0.2, 0.25) is 5.43 Å². The number of halogens is 2. The second-order valence-corrected chi connectivity index (χ2v) is 9.12. The van der Waals surface area contributed by atoms with Crippen LogP contribution in [0.2, 0.25) is 0 Å². The molecule has 1 amide bonds. The molecule has 41 heavy (non-hydrogen) atoms. The molecule has 1 aromatic heterocycles. The largest absolute Gasteiger partial charge is 0.494 e. The standard InChI is InChI=1S/C31H33F2N3O5/c1-4-35(22-13-20(32)12-21(33)14-22)31(38)28-19-36(23-15-25(39-5-2)17-26(16-23)40-6-3)29-18-24(41-11-7-10-34)8-9-27(29)30(28)37/h8-9,12-19H,4-7,10-11,34H2,1-3H3. The van der Waals surface area contributed by atoms with Gasteiger partial charge in [0.1, 0.15) is 34.4 Å². The number of fused-ring (bicyclic) bond motifs is 1. The van der Waals surface area contributed by atoms with Gasteiger partial charge in [-0.3, -0.25) is 9.59 Å². The summed E-state index contributed by atoms with van der Waals surface area (Å²) in [6.45, 7) is 7.14. The number of anilines is 1. The Morgan fingerprint density at radius 2 is 1.54 bits per heavy atom. The van der Waals surface area contributed by atoms with Crippen molar-refractivity contribution < 1.29 is 27.8 Å². The van der Waals surface area contributed by atoms with E-state index in [1.54, 1.807) is 47.9 Å². The minimum Gasteiger partial charge on any atom is -0.494 e. The summed E-state index contributed by atoms with van der Waals surface area (Å²) in [6.07, 6.45) is 2.08. The van der Waals surface area contributed by atoms with Crippen LogP contribution in [0.1, 0.15) is 37.6 Å². The van der Waals surface area contributed by atoms with Crippen LogP contribution in [0.4, 0.5) is 14.5 Å². The first-order valence-corrected chi connectivity index (χ1v) is 13.5. The van der Waals surface area contributed by atoms with Crippen molar-refractivity contribution in [2.45, 2.75) is 27.2 Å². The van der Waals surface area contributed by atoms with Gasteiger partial charge in [0, 0.05) is 54.1 Å². The first-order chi connectivity index (χ1) is 19.8. The number of carbonyl (C=O) groups is 1. The number of amides is 1. The van der Waals surface area contributed by atoms with Gasteiger partial charge < -0.3 is 29.4 Å². The molecule has 0 spiro atoms. The van der Waals surface area contributed by atoms with Crippen LogP contribution in [0.3, 0.4) is 0 Å². The van der Waals surface area contributed by atoms with Gasteiger partial charge in [0.25, 0.3) is 5.91 Å². The maximum Gasteiger partial charge on any atom is 0.263 e. The first kappa shape index (κ1) is 29.5. The van der Waals surface area contributed by atoms with E-state index in [2.05, 4.69) is 0 Å². The van der Waals surface area contributed by atoms with E-state index in [-0.39, 0.29) is 23.2 Å². The Bertz CT molecular complexity index is 1560. The van der Waals surface area contributed by atoms with Crippen molar-refractivity contribution in [1.29, 1.82) is 0 Å². The Morgan fingerprint density at radius 3 is 2.12 bits per heavy atom. The van der Waals surface area contributed by atoms with Crippen molar-refractivity contribution >= 4 is 22.5 Å². The highest BCUT2D eigenvalue weighted by Gasteiger charge is 2.23. The van der Waals surface area contributed by atoms with Crippen molar-refractivity contribution in [2.24, 2.45) is 5.73 Å². The number of aromatic nitrogens is 1. The van der Waals surface area contributed by atoms with E-state index in [1.807, 2.05) is 13.8 Å². The van der Waals surface area contributed by atoms with E-state index in [0.29, 0.717) is 61.2 Å². The molecule has 8 nitrogen and oxygen atoms in total. The predicted octanol–water partition coefficient (Wildman–Crippen LogP) is 5.46. The summed E-state index contributed by atoms with van der Waals surface area (Å²) < 4.78 is 47.1. The summed E-state index contributed by atoms with van der Waals surface area (Å²) in [6, 6.07) is 13.1. The number of nitrogens with two attached hydrogens (primary N) is 1. The highest BCUT2D eigenvalue weighted by atomic mass is 19.1. The average Bonchev–Trinajstić information content (AvgIpc) is 2.93. The van der Waals surface area contributed by atoms with E-state index in [0.717, 1.165) is 23.1 Å². The highest BCUT2D eigenvalue weighted by Crippen LogP contribution is 2.30. The SMILES string of the molecule is CCOc1cc(OCC)cc(-n2cc(C(=O)N(CC)c3cc(F)cc(F)c3)c(=O)c3ccc(OCCCN)cc32)c1. The summed E-state index contributed by atoms with van der Waals surface area (Å²) >= 11 is 0. The quantitative estimate of drug-likeness (QED) is 0.229. The third-order valence-electron chi connectivity index (χ3n) is 6.31. The van der Waals surface area contributed by atoms with Crippen molar-refractivity contribution in [2.75, 3.05) is 37.8 Å². The number of nitrogens with zero attached hydrogens (tertiary/aromatic N) is 2. The second-order valence-electron chi connectivity index (χ2n) is 9.12. The third kappa shape index (κ3) is 6.66. The minimum atomic E-state index is -0.833. The number of rotatable bonds is 12. The lowest BCUT2D eigenvalue weighted by Gasteiger charge is -2.22. The number of pyridine rings is 1. The molecule has 4 rings (SSSR count). The van der Waals surface area contributed by atoms with Gasteiger partial charge >= 0.3 is 0 Å². The topological polar surface area (TPSA) is 96.0 Å². The summed E-state index contributed by atoms with van der Waals surface area (Å²) in [5.74, 6) is -0.772. The Labute approximate surface area is 236 Å². The lowest BCUT2D eigenvalue weighted by molar-refractivity contribution is 0.0987. The summed E-state index contributed by atoms with van der Waals surface area (Å²) in [5, 5.41) is 0.253. The van der Waals surface area contributed by atoms with Crippen molar-refractivity contribution in [3.05, 3.63) is 88.2 Å². The Morgan fingerprint density at radius 1 is 0.878 bits per heavy atom. The van der Waals surface area contributed by atoms with E-state index >= 15 is 0 Å². The van der Waals surface area contributed by atoms with E-state index in [4.69, 9.17) is 19.9 Å². The van der Waals surface area contributed by atoms with Crippen LogP contribution in [0.25, 0.3) is 16.6 Å². The maximum atomic E-state index is 14.0. The number of carbonyl (C=O) groups excluding carboxylic acids is 1. The zero-order chi connectivity index (χ0) is 29.5. The molecule has 0 bridgehead atoms. The molecule has 0 fully saturated rings. The van der Waals surface area contributed by atoms with Crippen molar-refractivity contribution in [3.63, 3.8) is 0 Å². The van der Waals surface area contributed by atoms with Gasteiger partial charge in [-0.15, -0.1) is 0 Å². The summed E-state index contributed by atoms with van der Waals surface area (Å²) in [4.78, 5) is 28.7. The molecular weight excluding hydrogens is 532 g/mol. The molecule has 1 heterocycles. The smallest absolute Gasteiger partial charge is 0.263 e. The van der Waals surface area contributed by atoms with Gasteiger partial charge in [-0.25, -0.2) is 8.78 Å². The molecule has 0 aliphatic rings. The molecule has 0 aliphatic heterocycles. The first-order valence-electron chi connectivity index (χ1n) is 13.5. The monoisotopic (exact) mass is 565 g/mol. The van der Waals surface area contributed by atoms with Crippen LogP contribution in [-0.4, -0.2) is 43.4 Å². The third-order valence-corrected chi connectivity index (χ3v) is 6.31. The van der Waals surface area contributed by atoms with Crippen molar-refractivity contribution in [3.8, 4) is 22.9 Å². The molecule has 0 unspecified atom stereocenters. The predicted molar refractivity (Wildman–Crippen MR) is 155 cm³/mol. The molecule has 0 saturated heterocycles. The zero-order valence-electron chi connectivity index (χ0n) is 23.3. The zero-order valence-corrected chi connectivity index (χ0v) is 23.3. The van der Waals surface area contributed by atoms with Gasteiger partial charge in [0.05, 0.1) is 31.0 Å². The molecular formula is C31H33F2N3O5.